The number of methoxy groups -OCH3 is 1. The van der Waals surface area contributed by atoms with Gasteiger partial charge in [0.2, 0.25) is 0 Å². The van der Waals surface area contributed by atoms with Crippen molar-refractivity contribution < 1.29 is 9.13 Å². The van der Waals surface area contributed by atoms with Crippen molar-refractivity contribution in [3.8, 4) is 5.75 Å². The third kappa shape index (κ3) is 3.42. The van der Waals surface area contributed by atoms with Gasteiger partial charge in [0.1, 0.15) is 11.6 Å². The van der Waals surface area contributed by atoms with Gasteiger partial charge in [0, 0.05) is 10.5 Å². The molecule has 0 bridgehead atoms. The molecule has 1 rings (SSSR count). The fourth-order valence-corrected chi connectivity index (χ4v) is 1.58. The molecule has 0 atom stereocenters. The van der Waals surface area contributed by atoms with Gasteiger partial charge in [-0.15, -0.1) is 0 Å². The highest BCUT2D eigenvalue weighted by atomic mass is 79.9. The Morgan fingerprint density at radius 2 is 2.38 bits per heavy atom. The van der Waals surface area contributed by atoms with E-state index in [9.17, 15) is 4.39 Å². The molecule has 0 aliphatic rings. The summed E-state index contributed by atoms with van der Waals surface area (Å²) < 4.78 is 18.6. The van der Waals surface area contributed by atoms with Crippen LogP contribution in [0.5, 0.6) is 5.75 Å². The van der Waals surface area contributed by atoms with Crippen molar-refractivity contribution in [2.75, 3.05) is 7.11 Å². The van der Waals surface area contributed by atoms with Crippen LogP contribution in [0.1, 0.15) is 5.56 Å². The van der Waals surface area contributed by atoms with Gasteiger partial charge in [0.05, 0.1) is 18.9 Å². The molecule has 1 aromatic rings. The van der Waals surface area contributed by atoms with Gasteiger partial charge in [-0.25, -0.2) is 4.39 Å². The zero-order chi connectivity index (χ0) is 12.1. The number of nitrogens with one attached hydrogen (secondary N) is 1. The average Bonchev–Trinajstić information content (AvgIpc) is 2.20. The summed E-state index contributed by atoms with van der Waals surface area (Å²) in [6, 6.07) is 2.57. The maximum atomic E-state index is 13.0. The number of benzene rings is 1. The Kier molecular flexibility index (Phi) is 4.63. The lowest BCUT2D eigenvalue weighted by Crippen LogP contribution is -2.24. The smallest absolute Gasteiger partial charge is 0.184 e. The molecular formula is C9H9BrFN3OS. The van der Waals surface area contributed by atoms with Crippen molar-refractivity contribution in [2.24, 2.45) is 10.8 Å². The van der Waals surface area contributed by atoms with Crippen LogP contribution in [-0.2, 0) is 0 Å². The normalized spacial score (nSPS) is 10.4. The number of hydrogen-bond donors (Lipinski definition) is 2. The summed E-state index contributed by atoms with van der Waals surface area (Å²) in [5.74, 6) is -0.0384. The standard InChI is InChI=1S/C9H9BrFN3OS/c1-15-8-3-5(11)2-7(10)6(8)4-13-14-9(12)16/h2-4H,1H3,(H3,12,14,16). The van der Waals surface area contributed by atoms with Gasteiger partial charge >= 0.3 is 0 Å². The lowest BCUT2D eigenvalue weighted by atomic mass is 10.2. The fraction of sp³-hybridized carbons (Fsp3) is 0.111. The van der Waals surface area contributed by atoms with Gasteiger partial charge < -0.3 is 10.5 Å². The van der Waals surface area contributed by atoms with Crippen molar-refractivity contribution in [3.05, 3.63) is 28.0 Å². The third-order valence-corrected chi connectivity index (χ3v) is 2.39. The molecule has 0 aromatic heterocycles. The van der Waals surface area contributed by atoms with Crippen LogP contribution in [0.3, 0.4) is 0 Å². The van der Waals surface area contributed by atoms with Gasteiger partial charge in [-0.1, -0.05) is 0 Å². The third-order valence-electron chi connectivity index (χ3n) is 1.64. The van der Waals surface area contributed by atoms with Gasteiger partial charge in [0.15, 0.2) is 5.11 Å². The molecule has 0 heterocycles. The van der Waals surface area contributed by atoms with Crippen LogP contribution in [0.4, 0.5) is 4.39 Å². The van der Waals surface area contributed by atoms with E-state index in [0.29, 0.717) is 15.8 Å². The van der Waals surface area contributed by atoms with Crippen molar-refractivity contribution in [1.82, 2.24) is 5.43 Å². The second-order valence-corrected chi connectivity index (χ2v) is 4.03. The quantitative estimate of drug-likeness (QED) is 0.507. The van der Waals surface area contributed by atoms with E-state index in [2.05, 4.69) is 38.7 Å². The first-order chi connectivity index (χ1) is 7.54. The molecule has 0 radical (unpaired) electrons. The van der Waals surface area contributed by atoms with Crippen LogP contribution in [0, 0.1) is 5.82 Å². The minimum absolute atomic E-state index is 0.0495. The van der Waals surface area contributed by atoms with Crippen LogP contribution in [0.25, 0.3) is 0 Å². The van der Waals surface area contributed by atoms with E-state index in [1.807, 2.05) is 0 Å². The van der Waals surface area contributed by atoms with E-state index in [4.69, 9.17) is 10.5 Å². The first-order valence-corrected chi connectivity index (χ1v) is 5.36. The first-order valence-electron chi connectivity index (χ1n) is 4.16. The maximum Gasteiger partial charge on any atom is 0.184 e. The highest BCUT2D eigenvalue weighted by molar-refractivity contribution is 9.10. The van der Waals surface area contributed by atoms with Gasteiger partial charge in [-0.2, -0.15) is 5.10 Å². The van der Waals surface area contributed by atoms with Crippen LogP contribution in [-0.4, -0.2) is 18.4 Å². The highest BCUT2D eigenvalue weighted by Crippen LogP contribution is 2.26. The van der Waals surface area contributed by atoms with E-state index in [0.717, 1.165) is 0 Å². The average molecular weight is 306 g/mol. The number of hydrogen-bond acceptors (Lipinski definition) is 3. The molecule has 86 valence electrons. The van der Waals surface area contributed by atoms with Gasteiger partial charge in [-0.05, 0) is 34.2 Å². The number of rotatable bonds is 3. The van der Waals surface area contributed by atoms with Crippen LogP contribution in [0.15, 0.2) is 21.7 Å². The predicted octanol–water partition coefficient (Wildman–Crippen LogP) is 1.76. The number of halogens is 2. The molecule has 0 saturated heterocycles. The Labute approximate surface area is 106 Å². The second kappa shape index (κ2) is 5.76. The van der Waals surface area contributed by atoms with Crippen molar-refractivity contribution in [3.63, 3.8) is 0 Å². The zero-order valence-corrected chi connectivity index (χ0v) is 10.7. The minimum atomic E-state index is -0.400. The summed E-state index contributed by atoms with van der Waals surface area (Å²) in [6.45, 7) is 0. The Bertz CT molecular complexity index is 439. The molecule has 0 aliphatic carbocycles. The lowest BCUT2D eigenvalue weighted by molar-refractivity contribution is 0.410. The molecule has 0 spiro atoms. The van der Waals surface area contributed by atoms with Crippen molar-refractivity contribution >= 4 is 39.5 Å². The zero-order valence-electron chi connectivity index (χ0n) is 8.33. The lowest BCUT2D eigenvalue weighted by Gasteiger charge is -2.06. The van der Waals surface area contributed by atoms with Crippen LogP contribution >= 0.6 is 28.1 Å². The second-order valence-electron chi connectivity index (χ2n) is 2.74. The van der Waals surface area contributed by atoms with E-state index in [1.165, 1.54) is 25.5 Å². The van der Waals surface area contributed by atoms with Crippen molar-refractivity contribution in [1.29, 1.82) is 0 Å². The molecule has 7 heteroatoms. The molecule has 0 unspecified atom stereocenters. The Morgan fingerprint density at radius 3 is 2.94 bits per heavy atom. The van der Waals surface area contributed by atoms with E-state index < -0.39 is 5.82 Å². The molecule has 4 nitrogen and oxygen atoms in total. The molecular weight excluding hydrogens is 297 g/mol. The van der Waals surface area contributed by atoms with E-state index in [1.54, 1.807) is 0 Å². The molecule has 0 amide bonds. The minimum Gasteiger partial charge on any atom is -0.496 e. The number of nitrogens with zero attached hydrogens (tertiary/aromatic N) is 1. The predicted molar refractivity (Wildman–Crippen MR) is 68.2 cm³/mol. The molecule has 0 aliphatic heterocycles. The fourth-order valence-electron chi connectivity index (χ4n) is 1.02. The molecule has 0 fully saturated rings. The Hall–Kier alpha value is -1.21. The topological polar surface area (TPSA) is 59.6 Å². The Morgan fingerprint density at radius 1 is 1.69 bits per heavy atom. The number of thiocarbonyl (C=S) groups is 1. The van der Waals surface area contributed by atoms with Gasteiger partial charge in [-0.3, -0.25) is 5.43 Å². The highest BCUT2D eigenvalue weighted by Gasteiger charge is 2.07. The molecule has 1 aromatic carbocycles. The molecule has 16 heavy (non-hydrogen) atoms. The summed E-state index contributed by atoms with van der Waals surface area (Å²) in [5.41, 5.74) is 8.18. The van der Waals surface area contributed by atoms with Crippen molar-refractivity contribution in [2.45, 2.75) is 0 Å². The summed E-state index contributed by atoms with van der Waals surface area (Å²) in [7, 11) is 1.44. The molecule has 0 saturated carbocycles. The number of ether oxygens (including phenoxy) is 1. The first kappa shape index (κ1) is 12.9. The number of hydrazone groups is 1. The number of nitrogens with two attached hydrogens (primary N) is 1. The largest absolute Gasteiger partial charge is 0.496 e. The monoisotopic (exact) mass is 305 g/mol. The van der Waals surface area contributed by atoms with Gasteiger partial charge in [0.25, 0.3) is 0 Å². The summed E-state index contributed by atoms with van der Waals surface area (Å²) in [4.78, 5) is 0. The van der Waals surface area contributed by atoms with Crippen LogP contribution < -0.4 is 15.9 Å². The van der Waals surface area contributed by atoms with E-state index in [-0.39, 0.29) is 5.11 Å². The summed E-state index contributed by atoms with van der Waals surface area (Å²) >= 11 is 7.78. The SMILES string of the molecule is COc1cc(F)cc(Br)c1C=NNC(N)=S. The summed E-state index contributed by atoms with van der Waals surface area (Å²) in [5, 5.41) is 3.82. The van der Waals surface area contributed by atoms with Crippen LogP contribution in [0.2, 0.25) is 0 Å². The Balaban J connectivity index is 3.02. The molecule has 3 N–H and O–H groups in total. The summed E-state index contributed by atoms with van der Waals surface area (Å²) in [6.07, 6.45) is 1.43. The van der Waals surface area contributed by atoms with E-state index >= 15 is 0 Å². The maximum absolute atomic E-state index is 13.0.